The maximum absolute atomic E-state index is 4.71. The van der Waals surface area contributed by atoms with E-state index in [4.69, 9.17) is 5.10 Å². The van der Waals surface area contributed by atoms with E-state index in [0.29, 0.717) is 0 Å². The minimum atomic E-state index is 0.737. The zero-order chi connectivity index (χ0) is 17.6. The van der Waals surface area contributed by atoms with Crippen molar-refractivity contribution < 1.29 is 0 Å². The first-order valence-electron chi connectivity index (χ1n) is 8.31. The smallest absolute Gasteiger partial charge is 0.206 e. The fourth-order valence-electron chi connectivity index (χ4n) is 2.44. The van der Waals surface area contributed by atoms with Crippen molar-refractivity contribution in [2.45, 2.75) is 20.3 Å². The summed E-state index contributed by atoms with van der Waals surface area (Å²) in [6.45, 7) is 4.94. The van der Waals surface area contributed by atoms with Crippen LogP contribution in [0.1, 0.15) is 25.0 Å². The highest BCUT2D eigenvalue weighted by atomic mass is 79.9. The maximum Gasteiger partial charge on any atom is 0.206 e. The predicted octanol–water partition coefficient (Wildman–Crippen LogP) is 5.34. The van der Waals surface area contributed by atoms with Gasteiger partial charge in [-0.05, 0) is 36.6 Å². The lowest BCUT2D eigenvalue weighted by Crippen LogP contribution is -2.12. The van der Waals surface area contributed by atoms with Gasteiger partial charge in [0.2, 0.25) is 4.80 Å². The molecule has 0 aliphatic rings. The molecule has 128 valence electrons. The van der Waals surface area contributed by atoms with Crippen molar-refractivity contribution in [3.63, 3.8) is 0 Å². The Balaban J connectivity index is 2.00. The van der Waals surface area contributed by atoms with E-state index in [0.717, 1.165) is 39.1 Å². The van der Waals surface area contributed by atoms with Gasteiger partial charge in [-0.2, -0.15) is 5.10 Å². The van der Waals surface area contributed by atoms with Gasteiger partial charge in [-0.15, -0.1) is 11.3 Å². The molecule has 0 saturated carbocycles. The molecule has 0 spiro atoms. The molecule has 1 heterocycles. The zero-order valence-corrected chi connectivity index (χ0v) is 16.7. The number of aromatic nitrogens is 1. The summed E-state index contributed by atoms with van der Waals surface area (Å²) in [5.74, 6) is 0. The number of thiazole rings is 1. The first kappa shape index (κ1) is 17.8. The summed E-state index contributed by atoms with van der Waals surface area (Å²) < 4.78 is 2.99. The molecule has 0 bridgehead atoms. The lowest BCUT2D eigenvalue weighted by atomic mass is 10.1. The maximum atomic E-state index is 4.71. The van der Waals surface area contributed by atoms with E-state index in [9.17, 15) is 0 Å². The Kier molecular flexibility index (Phi) is 6.00. The number of halogens is 1. The van der Waals surface area contributed by atoms with Gasteiger partial charge in [0.15, 0.2) is 0 Å². The topological polar surface area (TPSA) is 29.6 Å². The van der Waals surface area contributed by atoms with Crippen LogP contribution in [-0.4, -0.2) is 17.4 Å². The standard InChI is InChI=1S/C20H20BrN3S/c1-3-15-5-7-16(8-6-15)13-23-24-19(14-25-20(24)22-4-2)17-9-11-18(21)12-10-17/h5-14H,3-4H2,1-2H3. The molecule has 0 unspecified atom stereocenters. The van der Waals surface area contributed by atoms with E-state index in [1.165, 1.54) is 5.56 Å². The van der Waals surface area contributed by atoms with Gasteiger partial charge in [0, 0.05) is 22.0 Å². The van der Waals surface area contributed by atoms with Crippen LogP contribution in [0.5, 0.6) is 0 Å². The van der Waals surface area contributed by atoms with Crippen molar-refractivity contribution in [3.05, 3.63) is 74.3 Å². The molecule has 2 aromatic carbocycles. The summed E-state index contributed by atoms with van der Waals surface area (Å²) in [5, 5.41) is 6.81. The van der Waals surface area contributed by atoms with Crippen molar-refractivity contribution >= 4 is 33.5 Å². The molecule has 5 heteroatoms. The second-order valence-electron chi connectivity index (χ2n) is 5.54. The summed E-state index contributed by atoms with van der Waals surface area (Å²) >= 11 is 5.10. The van der Waals surface area contributed by atoms with Crippen LogP contribution in [0.2, 0.25) is 0 Å². The molecule has 0 aliphatic carbocycles. The molecule has 0 N–H and O–H groups in total. The molecule has 0 radical (unpaired) electrons. The van der Waals surface area contributed by atoms with Crippen LogP contribution in [0.15, 0.2) is 68.5 Å². The van der Waals surface area contributed by atoms with E-state index >= 15 is 0 Å². The Labute approximate surface area is 160 Å². The van der Waals surface area contributed by atoms with Crippen molar-refractivity contribution in [1.82, 2.24) is 4.68 Å². The van der Waals surface area contributed by atoms with E-state index in [2.05, 4.69) is 69.6 Å². The Morgan fingerprint density at radius 3 is 2.40 bits per heavy atom. The zero-order valence-electron chi connectivity index (χ0n) is 14.3. The summed E-state index contributed by atoms with van der Waals surface area (Å²) in [6, 6.07) is 16.8. The van der Waals surface area contributed by atoms with Crippen LogP contribution >= 0.6 is 27.3 Å². The number of hydrogen-bond acceptors (Lipinski definition) is 3. The van der Waals surface area contributed by atoms with E-state index in [1.54, 1.807) is 11.3 Å². The van der Waals surface area contributed by atoms with Crippen molar-refractivity contribution in [2.24, 2.45) is 10.1 Å². The molecule has 0 amide bonds. The molecule has 0 atom stereocenters. The first-order valence-corrected chi connectivity index (χ1v) is 9.98. The van der Waals surface area contributed by atoms with Crippen molar-refractivity contribution in [2.75, 3.05) is 6.54 Å². The second-order valence-corrected chi connectivity index (χ2v) is 7.29. The van der Waals surface area contributed by atoms with Gasteiger partial charge in [-0.3, -0.25) is 4.99 Å². The van der Waals surface area contributed by atoms with Gasteiger partial charge in [0.25, 0.3) is 0 Å². The van der Waals surface area contributed by atoms with Gasteiger partial charge in [-0.25, -0.2) is 4.68 Å². The molecule has 0 saturated heterocycles. The Morgan fingerprint density at radius 1 is 1.04 bits per heavy atom. The minimum absolute atomic E-state index is 0.737. The third kappa shape index (κ3) is 4.35. The van der Waals surface area contributed by atoms with E-state index < -0.39 is 0 Å². The molecule has 0 fully saturated rings. The van der Waals surface area contributed by atoms with Crippen LogP contribution in [0, 0.1) is 0 Å². The Bertz CT molecular complexity index is 919. The van der Waals surface area contributed by atoms with Crippen LogP contribution in [0.3, 0.4) is 0 Å². The molecule has 3 nitrogen and oxygen atoms in total. The molecule has 3 aromatic rings. The number of hydrogen-bond donors (Lipinski definition) is 0. The third-order valence-electron chi connectivity index (χ3n) is 3.83. The average molecular weight is 414 g/mol. The first-order chi connectivity index (χ1) is 12.2. The van der Waals surface area contributed by atoms with Gasteiger partial charge < -0.3 is 0 Å². The fourth-order valence-corrected chi connectivity index (χ4v) is 3.60. The third-order valence-corrected chi connectivity index (χ3v) is 5.21. The molecule has 25 heavy (non-hydrogen) atoms. The molecule has 3 rings (SSSR count). The van der Waals surface area contributed by atoms with Crippen LogP contribution in [0.4, 0.5) is 0 Å². The van der Waals surface area contributed by atoms with Gasteiger partial charge in [0.1, 0.15) is 0 Å². The van der Waals surface area contributed by atoms with E-state index in [-0.39, 0.29) is 0 Å². The summed E-state index contributed by atoms with van der Waals surface area (Å²) in [5.41, 5.74) is 4.58. The molecule has 1 aromatic heterocycles. The van der Waals surface area contributed by atoms with Gasteiger partial charge in [-0.1, -0.05) is 59.3 Å². The summed E-state index contributed by atoms with van der Waals surface area (Å²) in [4.78, 5) is 5.47. The van der Waals surface area contributed by atoms with Gasteiger partial charge in [0.05, 0.1) is 11.9 Å². The highest BCUT2D eigenvalue weighted by Crippen LogP contribution is 2.22. The van der Waals surface area contributed by atoms with Crippen molar-refractivity contribution in [3.8, 4) is 11.3 Å². The highest BCUT2D eigenvalue weighted by molar-refractivity contribution is 9.10. The van der Waals surface area contributed by atoms with Crippen LogP contribution < -0.4 is 4.80 Å². The number of benzene rings is 2. The lowest BCUT2D eigenvalue weighted by Gasteiger charge is -2.04. The van der Waals surface area contributed by atoms with Gasteiger partial charge >= 0.3 is 0 Å². The molecular weight excluding hydrogens is 394 g/mol. The Morgan fingerprint density at radius 2 is 1.76 bits per heavy atom. The fraction of sp³-hybridized carbons (Fsp3) is 0.200. The highest BCUT2D eigenvalue weighted by Gasteiger charge is 2.07. The second kappa shape index (κ2) is 8.41. The molecule has 0 aliphatic heterocycles. The average Bonchev–Trinajstić information content (AvgIpc) is 3.04. The quantitative estimate of drug-likeness (QED) is 0.504. The normalized spacial score (nSPS) is 12.2. The number of nitrogens with zero attached hydrogens (tertiary/aromatic N) is 3. The summed E-state index contributed by atoms with van der Waals surface area (Å²) in [6.07, 6.45) is 2.94. The monoisotopic (exact) mass is 413 g/mol. The van der Waals surface area contributed by atoms with Crippen molar-refractivity contribution in [1.29, 1.82) is 0 Å². The Hall–Kier alpha value is -1.98. The van der Waals surface area contributed by atoms with E-state index in [1.807, 2.05) is 29.9 Å². The number of aryl methyl sites for hydroxylation is 1. The van der Waals surface area contributed by atoms with Crippen LogP contribution in [-0.2, 0) is 6.42 Å². The predicted molar refractivity (Wildman–Crippen MR) is 110 cm³/mol. The summed E-state index contributed by atoms with van der Waals surface area (Å²) in [7, 11) is 0. The van der Waals surface area contributed by atoms with Crippen LogP contribution in [0.25, 0.3) is 11.3 Å². The molecular formula is C20H20BrN3S. The lowest BCUT2D eigenvalue weighted by molar-refractivity contribution is 0.833. The number of rotatable bonds is 5. The SMILES string of the molecule is CCN=c1scc(-c2ccc(Br)cc2)n1N=Cc1ccc(CC)cc1. The minimum Gasteiger partial charge on any atom is -0.258 e. The largest absolute Gasteiger partial charge is 0.258 e.